The van der Waals surface area contributed by atoms with E-state index in [-0.39, 0.29) is 18.2 Å². The average molecular weight is 423 g/mol. The predicted molar refractivity (Wildman–Crippen MR) is 113 cm³/mol. The Kier molecular flexibility index (Phi) is 7.50. The summed E-state index contributed by atoms with van der Waals surface area (Å²) < 4.78 is 27.6. The average Bonchev–Trinajstić information content (AvgIpc) is 3.60. The second-order valence-electron chi connectivity index (χ2n) is 8.41. The molecule has 0 aromatic carbocycles. The number of aromatic nitrogens is 2. The minimum absolute atomic E-state index is 0.244. The standard InChI is InChI=1S/C21H34N4O3S/c1-2-27-21-20(23-12-13-24-21)15-5-7-16(8-6-15)28-14-19-18(4-3-11-22-19)25-29(26)17-9-10-17/h12-13,15-19,22,25H,2-11,14H2,1H3. The van der Waals surface area contributed by atoms with Crippen LogP contribution >= 0.6 is 0 Å². The minimum atomic E-state index is -0.888. The Balaban J connectivity index is 1.24. The smallest absolute Gasteiger partial charge is 0.235 e. The SMILES string of the molecule is CCOc1nccnc1C1CCC(OCC2NCCCC2NS(=O)C2CC2)CC1. The number of ether oxygens (including phenoxy) is 2. The number of piperidine rings is 1. The van der Waals surface area contributed by atoms with Crippen LogP contribution in [0.5, 0.6) is 5.88 Å². The van der Waals surface area contributed by atoms with Gasteiger partial charge in [-0.3, -0.25) is 4.98 Å². The molecule has 4 rings (SSSR count). The highest BCUT2D eigenvalue weighted by Gasteiger charge is 2.34. The summed E-state index contributed by atoms with van der Waals surface area (Å²) in [5.41, 5.74) is 0.994. The zero-order valence-electron chi connectivity index (χ0n) is 17.3. The van der Waals surface area contributed by atoms with Gasteiger partial charge in [0.25, 0.3) is 0 Å². The first-order valence-electron chi connectivity index (χ1n) is 11.2. The van der Waals surface area contributed by atoms with Crippen molar-refractivity contribution in [2.75, 3.05) is 19.8 Å². The summed E-state index contributed by atoms with van der Waals surface area (Å²) in [6.07, 6.45) is 12.3. The molecule has 1 aromatic rings. The van der Waals surface area contributed by atoms with Crippen LogP contribution in [0.2, 0.25) is 0 Å². The first kappa shape index (κ1) is 21.2. The van der Waals surface area contributed by atoms with E-state index < -0.39 is 11.0 Å². The molecule has 7 nitrogen and oxygen atoms in total. The Hall–Kier alpha value is -1.09. The van der Waals surface area contributed by atoms with Crippen molar-refractivity contribution in [2.24, 2.45) is 0 Å². The lowest BCUT2D eigenvalue weighted by molar-refractivity contribution is 0.00492. The highest BCUT2D eigenvalue weighted by atomic mass is 32.2. The lowest BCUT2D eigenvalue weighted by atomic mass is 9.85. The van der Waals surface area contributed by atoms with Crippen LogP contribution in [0.15, 0.2) is 12.4 Å². The van der Waals surface area contributed by atoms with Crippen LogP contribution in [0, 0.1) is 0 Å². The molecule has 0 bridgehead atoms. The summed E-state index contributed by atoms with van der Waals surface area (Å²) in [7, 11) is -0.888. The number of hydrogen-bond donors (Lipinski definition) is 2. The summed E-state index contributed by atoms with van der Waals surface area (Å²) >= 11 is 0. The first-order valence-corrected chi connectivity index (χ1v) is 12.4. The highest BCUT2D eigenvalue weighted by Crippen LogP contribution is 2.36. The molecule has 29 heavy (non-hydrogen) atoms. The van der Waals surface area contributed by atoms with Gasteiger partial charge >= 0.3 is 0 Å². The summed E-state index contributed by atoms with van der Waals surface area (Å²) in [6, 6.07) is 0.489. The van der Waals surface area contributed by atoms with Crippen molar-refractivity contribution in [2.45, 2.75) is 87.6 Å². The Morgan fingerprint density at radius 1 is 1.14 bits per heavy atom. The van der Waals surface area contributed by atoms with Crippen LogP contribution in [0.1, 0.15) is 69.9 Å². The normalized spacial score (nSPS) is 31.3. The van der Waals surface area contributed by atoms with Gasteiger partial charge in [0.1, 0.15) is 5.69 Å². The maximum Gasteiger partial charge on any atom is 0.235 e. The number of rotatable bonds is 9. The van der Waals surface area contributed by atoms with E-state index >= 15 is 0 Å². The maximum atomic E-state index is 12.3. The molecular formula is C21H34N4O3S. The third kappa shape index (κ3) is 5.75. The summed E-state index contributed by atoms with van der Waals surface area (Å²) in [5, 5.41) is 3.94. The molecule has 3 fully saturated rings. The molecule has 1 aliphatic heterocycles. The third-order valence-electron chi connectivity index (χ3n) is 6.22. The van der Waals surface area contributed by atoms with Crippen molar-refractivity contribution >= 4 is 11.0 Å². The number of nitrogens with zero attached hydrogens (tertiary/aromatic N) is 2. The Morgan fingerprint density at radius 3 is 2.69 bits per heavy atom. The van der Waals surface area contributed by atoms with Crippen LogP contribution in [0.4, 0.5) is 0 Å². The van der Waals surface area contributed by atoms with Crippen molar-refractivity contribution < 1.29 is 13.7 Å². The summed E-state index contributed by atoms with van der Waals surface area (Å²) in [6.45, 7) is 4.29. The fourth-order valence-corrected chi connectivity index (χ4v) is 5.74. The van der Waals surface area contributed by atoms with Gasteiger partial charge in [-0.15, -0.1) is 0 Å². The van der Waals surface area contributed by atoms with Crippen molar-refractivity contribution in [3.8, 4) is 5.88 Å². The second-order valence-corrected chi connectivity index (χ2v) is 9.91. The quantitative estimate of drug-likeness (QED) is 0.636. The minimum Gasteiger partial charge on any atom is -0.477 e. The van der Waals surface area contributed by atoms with Gasteiger partial charge in [-0.05, 0) is 64.8 Å². The molecule has 1 saturated heterocycles. The Morgan fingerprint density at radius 2 is 1.93 bits per heavy atom. The fraction of sp³-hybridized carbons (Fsp3) is 0.810. The molecule has 2 N–H and O–H groups in total. The number of hydrogen-bond acceptors (Lipinski definition) is 6. The van der Waals surface area contributed by atoms with Crippen molar-refractivity contribution in [3.05, 3.63) is 18.1 Å². The van der Waals surface area contributed by atoms with E-state index in [0.29, 0.717) is 30.3 Å². The van der Waals surface area contributed by atoms with Crippen LogP contribution in [0.3, 0.4) is 0 Å². The summed E-state index contributed by atoms with van der Waals surface area (Å²) in [5.74, 6) is 1.08. The number of nitrogens with one attached hydrogen (secondary N) is 2. The van der Waals surface area contributed by atoms with Crippen LogP contribution in [0.25, 0.3) is 0 Å². The lowest BCUT2D eigenvalue weighted by Crippen LogP contribution is -2.55. The third-order valence-corrected chi connectivity index (χ3v) is 7.84. The van der Waals surface area contributed by atoms with Crippen LogP contribution < -0.4 is 14.8 Å². The Labute approximate surface area is 176 Å². The van der Waals surface area contributed by atoms with E-state index in [4.69, 9.17) is 9.47 Å². The van der Waals surface area contributed by atoms with Gasteiger partial charge in [-0.2, -0.15) is 0 Å². The van der Waals surface area contributed by atoms with Gasteiger partial charge in [-0.1, -0.05) is 0 Å². The molecule has 2 heterocycles. The predicted octanol–water partition coefficient (Wildman–Crippen LogP) is 2.45. The zero-order chi connectivity index (χ0) is 20.1. The van der Waals surface area contributed by atoms with Crippen molar-refractivity contribution in [1.82, 2.24) is 20.0 Å². The van der Waals surface area contributed by atoms with Gasteiger partial charge in [0, 0.05) is 35.6 Å². The van der Waals surface area contributed by atoms with Gasteiger partial charge in [-0.25, -0.2) is 13.9 Å². The van der Waals surface area contributed by atoms with E-state index in [0.717, 1.165) is 63.6 Å². The molecule has 3 aliphatic rings. The molecule has 2 aliphatic carbocycles. The first-order chi connectivity index (χ1) is 14.2. The molecule has 2 saturated carbocycles. The van der Waals surface area contributed by atoms with Gasteiger partial charge in [0.15, 0.2) is 0 Å². The molecular weight excluding hydrogens is 388 g/mol. The largest absolute Gasteiger partial charge is 0.477 e. The van der Waals surface area contributed by atoms with E-state index in [1.54, 1.807) is 12.4 Å². The van der Waals surface area contributed by atoms with E-state index in [9.17, 15) is 4.21 Å². The van der Waals surface area contributed by atoms with Crippen LogP contribution in [-0.2, 0) is 15.7 Å². The van der Waals surface area contributed by atoms with Crippen molar-refractivity contribution in [1.29, 1.82) is 0 Å². The molecule has 162 valence electrons. The van der Waals surface area contributed by atoms with Gasteiger partial charge < -0.3 is 14.8 Å². The molecule has 8 heteroatoms. The topological polar surface area (TPSA) is 85.4 Å². The van der Waals surface area contributed by atoms with Gasteiger partial charge in [0.2, 0.25) is 5.88 Å². The molecule has 1 aromatic heterocycles. The maximum absolute atomic E-state index is 12.3. The van der Waals surface area contributed by atoms with E-state index in [1.807, 2.05) is 6.92 Å². The molecule has 3 atom stereocenters. The monoisotopic (exact) mass is 422 g/mol. The highest BCUT2D eigenvalue weighted by molar-refractivity contribution is 7.84. The van der Waals surface area contributed by atoms with E-state index in [1.165, 1.54) is 0 Å². The van der Waals surface area contributed by atoms with Gasteiger partial charge in [0.05, 0.1) is 30.3 Å². The molecule has 0 radical (unpaired) electrons. The zero-order valence-corrected chi connectivity index (χ0v) is 18.2. The molecule has 0 spiro atoms. The Bertz CT molecular complexity index is 680. The van der Waals surface area contributed by atoms with Crippen molar-refractivity contribution in [3.63, 3.8) is 0 Å². The summed E-state index contributed by atoms with van der Waals surface area (Å²) in [4.78, 5) is 8.90. The molecule has 0 amide bonds. The van der Waals surface area contributed by atoms with Crippen LogP contribution in [-0.4, -0.2) is 57.4 Å². The lowest BCUT2D eigenvalue weighted by Gasteiger charge is -2.35. The fourth-order valence-electron chi connectivity index (χ4n) is 4.40. The second kappa shape index (κ2) is 10.3. The van der Waals surface area contributed by atoms with E-state index in [2.05, 4.69) is 20.0 Å². The molecule has 3 unspecified atom stereocenters.